The smallest absolute Gasteiger partial charge is 0.321 e. The molecule has 0 atom stereocenters. The van der Waals surface area contributed by atoms with Gasteiger partial charge in [0.1, 0.15) is 0 Å². The molecular formula is C12H16N2O. The molecule has 2 amide bonds. The van der Waals surface area contributed by atoms with Crippen LogP contribution in [0.5, 0.6) is 0 Å². The van der Waals surface area contributed by atoms with E-state index in [1.54, 1.807) is 18.0 Å². The number of benzene rings is 1. The van der Waals surface area contributed by atoms with Crippen LogP contribution in [0.25, 0.3) is 0 Å². The molecule has 0 aliphatic carbocycles. The molecule has 15 heavy (non-hydrogen) atoms. The number of nitrogens with one attached hydrogen (secondary N) is 1. The highest BCUT2D eigenvalue weighted by molar-refractivity contribution is 5.89. The fourth-order valence-corrected chi connectivity index (χ4v) is 1.13. The normalized spacial score (nSPS) is 9.47. The summed E-state index contributed by atoms with van der Waals surface area (Å²) in [6.45, 7) is 6.13. The molecule has 1 aromatic carbocycles. The lowest BCUT2D eigenvalue weighted by molar-refractivity contribution is 0.226. The number of carbonyl (C=O) groups excluding carboxylic acids is 1. The second kappa shape index (κ2) is 5.20. The van der Waals surface area contributed by atoms with Crippen LogP contribution >= 0.6 is 0 Å². The largest absolute Gasteiger partial charge is 0.324 e. The van der Waals surface area contributed by atoms with Crippen molar-refractivity contribution in [3.63, 3.8) is 0 Å². The van der Waals surface area contributed by atoms with E-state index >= 15 is 0 Å². The molecule has 0 bridgehead atoms. The molecule has 0 spiro atoms. The van der Waals surface area contributed by atoms with Crippen molar-refractivity contribution in [1.29, 1.82) is 0 Å². The number of nitrogens with zero attached hydrogens (tertiary/aromatic N) is 1. The van der Waals surface area contributed by atoms with Gasteiger partial charge in [0.2, 0.25) is 0 Å². The Labute approximate surface area is 90.4 Å². The number of hydrogen-bond acceptors (Lipinski definition) is 1. The number of urea groups is 1. The quantitative estimate of drug-likeness (QED) is 0.754. The topological polar surface area (TPSA) is 32.3 Å². The number of likely N-dealkylation sites (N-methyl/N-ethyl adjacent to an activating group) is 1. The van der Waals surface area contributed by atoms with Gasteiger partial charge in [-0.05, 0) is 19.1 Å². The fourth-order valence-electron chi connectivity index (χ4n) is 1.13. The van der Waals surface area contributed by atoms with Crippen molar-refractivity contribution in [3.8, 4) is 0 Å². The molecule has 0 aliphatic heterocycles. The second-order valence-corrected chi connectivity index (χ2v) is 3.47. The zero-order valence-corrected chi connectivity index (χ0v) is 9.16. The second-order valence-electron chi connectivity index (χ2n) is 3.47. The standard InChI is InChI=1S/C12H16N2O/c1-4-9-14(3)12(15)13-11-7-5-10(2)6-8-11/h4-8H,1,9H2,2-3H3,(H,13,15). The van der Waals surface area contributed by atoms with Crippen LogP contribution in [0.1, 0.15) is 5.56 Å². The van der Waals surface area contributed by atoms with Crippen LogP contribution in [-0.4, -0.2) is 24.5 Å². The Balaban J connectivity index is 2.58. The maximum Gasteiger partial charge on any atom is 0.321 e. The first-order valence-corrected chi connectivity index (χ1v) is 4.83. The van der Waals surface area contributed by atoms with E-state index in [0.29, 0.717) is 6.54 Å². The molecule has 0 aliphatic rings. The number of aryl methyl sites for hydroxylation is 1. The predicted octanol–water partition coefficient (Wildman–Crippen LogP) is 2.64. The minimum Gasteiger partial charge on any atom is -0.324 e. The lowest BCUT2D eigenvalue weighted by Crippen LogP contribution is -2.31. The Morgan fingerprint density at radius 3 is 2.60 bits per heavy atom. The van der Waals surface area contributed by atoms with Gasteiger partial charge in [0, 0.05) is 19.3 Å². The van der Waals surface area contributed by atoms with Crippen LogP contribution < -0.4 is 5.32 Å². The lowest BCUT2D eigenvalue weighted by atomic mass is 10.2. The van der Waals surface area contributed by atoms with Gasteiger partial charge in [0.05, 0.1) is 0 Å². The third-order valence-corrected chi connectivity index (χ3v) is 2.05. The molecule has 3 nitrogen and oxygen atoms in total. The third-order valence-electron chi connectivity index (χ3n) is 2.05. The van der Waals surface area contributed by atoms with Gasteiger partial charge in [-0.25, -0.2) is 4.79 Å². The van der Waals surface area contributed by atoms with E-state index < -0.39 is 0 Å². The van der Waals surface area contributed by atoms with Crippen molar-refractivity contribution in [2.45, 2.75) is 6.92 Å². The molecule has 1 N–H and O–H groups in total. The van der Waals surface area contributed by atoms with Gasteiger partial charge < -0.3 is 10.2 Å². The van der Waals surface area contributed by atoms with Crippen LogP contribution in [0.15, 0.2) is 36.9 Å². The molecule has 3 heteroatoms. The van der Waals surface area contributed by atoms with Crippen molar-refractivity contribution < 1.29 is 4.79 Å². The molecule has 0 saturated carbocycles. The lowest BCUT2D eigenvalue weighted by Gasteiger charge is -2.15. The Kier molecular flexibility index (Phi) is 3.92. The summed E-state index contributed by atoms with van der Waals surface area (Å²) in [7, 11) is 1.73. The first-order valence-electron chi connectivity index (χ1n) is 4.83. The van der Waals surface area contributed by atoms with E-state index in [1.807, 2.05) is 31.2 Å². The minimum atomic E-state index is -0.126. The molecule has 1 aromatic rings. The Hall–Kier alpha value is -1.77. The zero-order chi connectivity index (χ0) is 11.3. The molecule has 0 fully saturated rings. The minimum absolute atomic E-state index is 0.126. The zero-order valence-electron chi connectivity index (χ0n) is 9.16. The van der Waals surface area contributed by atoms with Crippen molar-refractivity contribution in [1.82, 2.24) is 4.90 Å². The molecule has 0 unspecified atom stereocenters. The Morgan fingerprint density at radius 1 is 1.47 bits per heavy atom. The highest BCUT2D eigenvalue weighted by Gasteiger charge is 2.05. The van der Waals surface area contributed by atoms with E-state index in [-0.39, 0.29) is 6.03 Å². The predicted molar refractivity (Wildman–Crippen MR) is 63.0 cm³/mol. The SMILES string of the molecule is C=CCN(C)C(=O)Nc1ccc(C)cc1. The van der Waals surface area contributed by atoms with E-state index in [9.17, 15) is 4.79 Å². The van der Waals surface area contributed by atoms with Crippen LogP contribution in [0.2, 0.25) is 0 Å². The van der Waals surface area contributed by atoms with Crippen LogP contribution in [0.3, 0.4) is 0 Å². The average Bonchev–Trinajstić information content (AvgIpc) is 2.22. The summed E-state index contributed by atoms with van der Waals surface area (Å²) in [5.74, 6) is 0. The van der Waals surface area contributed by atoms with Gasteiger partial charge in [0.25, 0.3) is 0 Å². The highest BCUT2D eigenvalue weighted by Crippen LogP contribution is 2.08. The maximum absolute atomic E-state index is 11.6. The third kappa shape index (κ3) is 3.46. The summed E-state index contributed by atoms with van der Waals surface area (Å²) in [5.41, 5.74) is 1.98. The molecule has 0 aromatic heterocycles. The maximum atomic E-state index is 11.6. The average molecular weight is 204 g/mol. The monoisotopic (exact) mass is 204 g/mol. The van der Waals surface area contributed by atoms with Crippen molar-refractivity contribution in [2.24, 2.45) is 0 Å². The van der Waals surface area contributed by atoms with Gasteiger partial charge >= 0.3 is 6.03 Å². The van der Waals surface area contributed by atoms with Crippen molar-refractivity contribution in [2.75, 3.05) is 18.9 Å². The number of amides is 2. The van der Waals surface area contributed by atoms with Crippen molar-refractivity contribution in [3.05, 3.63) is 42.5 Å². The molecule has 0 radical (unpaired) electrons. The number of rotatable bonds is 3. The van der Waals surface area contributed by atoms with E-state index in [0.717, 1.165) is 5.69 Å². The van der Waals surface area contributed by atoms with Gasteiger partial charge in [-0.1, -0.05) is 23.8 Å². The molecule has 80 valence electrons. The van der Waals surface area contributed by atoms with E-state index in [2.05, 4.69) is 11.9 Å². The Morgan fingerprint density at radius 2 is 2.07 bits per heavy atom. The molecular weight excluding hydrogens is 188 g/mol. The summed E-state index contributed by atoms with van der Waals surface area (Å²) < 4.78 is 0. The van der Waals surface area contributed by atoms with Crippen LogP contribution in [0, 0.1) is 6.92 Å². The summed E-state index contributed by atoms with van der Waals surface area (Å²) in [5, 5.41) is 2.79. The highest BCUT2D eigenvalue weighted by atomic mass is 16.2. The van der Waals surface area contributed by atoms with Gasteiger partial charge in [-0.15, -0.1) is 6.58 Å². The fraction of sp³-hybridized carbons (Fsp3) is 0.250. The van der Waals surface area contributed by atoms with E-state index in [1.165, 1.54) is 5.56 Å². The molecule has 1 rings (SSSR count). The summed E-state index contributed by atoms with van der Waals surface area (Å²) in [6.07, 6.45) is 1.69. The van der Waals surface area contributed by atoms with Crippen LogP contribution in [0.4, 0.5) is 10.5 Å². The van der Waals surface area contributed by atoms with Crippen molar-refractivity contribution >= 4 is 11.7 Å². The molecule has 0 saturated heterocycles. The summed E-state index contributed by atoms with van der Waals surface area (Å²) >= 11 is 0. The van der Waals surface area contributed by atoms with E-state index in [4.69, 9.17) is 0 Å². The van der Waals surface area contributed by atoms with Gasteiger partial charge in [-0.3, -0.25) is 0 Å². The number of anilines is 1. The van der Waals surface area contributed by atoms with Crippen LogP contribution in [-0.2, 0) is 0 Å². The first-order chi connectivity index (χ1) is 7.13. The van der Waals surface area contributed by atoms with Gasteiger partial charge in [-0.2, -0.15) is 0 Å². The molecule has 0 heterocycles. The summed E-state index contributed by atoms with van der Waals surface area (Å²) in [6, 6.07) is 7.56. The summed E-state index contributed by atoms with van der Waals surface area (Å²) in [4.78, 5) is 13.1. The Bertz CT molecular complexity index is 343. The van der Waals surface area contributed by atoms with Gasteiger partial charge in [0.15, 0.2) is 0 Å². The number of hydrogen-bond donors (Lipinski definition) is 1. The number of carbonyl (C=O) groups is 1. The first kappa shape index (κ1) is 11.3.